The normalized spacial score (nSPS) is 16.7. The Morgan fingerprint density at radius 3 is 2.55 bits per heavy atom. The second-order valence-corrected chi connectivity index (χ2v) is 5.73. The third kappa shape index (κ3) is 3.48. The summed E-state index contributed by atoms with van der Waals surface area (Å²) in [4.78, 5) is 16.4. The number of anilines is 1. The summed E-state index contributed by atoms with van der Waals surface area (Å²) in [6.07, 6.45) is 0. The average Bonchev–Trinajstić information content (AvgIpc) is 2.41. The molecule has 2 rings (SSSR count). The van der Waals surface area contributed by atoms with Gasteiger partial charge < -0.3 is 10.6 Å². The van der Waals surface area contributed by atoms with Gasteiger partial charge in [-0.05, 0) is 24.1 Å². The Labute approximate surface area is 119 Å². The second-order valence-electron chi connectivity index (χ2n) is 5.73. The Kier molecular flexibility index (Phi) is 4.60. The van der Waals surface area contributed by atoms with Gasteiger partial charge in [0.25, 0.3) is 5.91 Å². The zero-order valence-corrected chi connectivity index (χ0v) is 12.1. The van der Waals surface area contributed by atoms with E-state index in [0.29, 0.717) is 24.7 Å². The van der Waals surface area contributed by atoms with Crippen molar-refractivity contribution in [2.24, 2.45) is 5.92 Å². The average molecular weight is 279 g/mol. The molecule has 0 unspecified atom stereocenters. The van der Waals surface area contributed by atoms with Crippen molar-refractivity contribution < 1.29 is 9.18 Å². The molecule has 5 heteroatoms. The lowest BCUT2D eigenvalue weighted by molar-refractivity contribution is 0.0619. The van der Waals surface area contributed by atoms with E-state index in [4.69, 9.17) is 5.73 Å². The Morgan fingerprint density at radius 1 is 1.30 bits per heavy atom. The van der Waals surface area contributed by atoms with Crippen LogP contribution < -0.4 is 5.73 Å². The molecule has 0 atom stereocenters. The summed E-state index contributed by atoms with van der Waals surface area (Å²) in [6, 6.07) is 4.13. The number of carbonyl (C=O) groups excluding carboxylic acids is 1. The molecule has 0 radical (unpaired) electrons. The van der Waals surface area contributed by atoms with Crippen molar-refractivity contribution in [3.8, 4) is 0 Å². The minimum atomic E-state index is -0.506. The van der Waals surface area contributed by atoms with E-state index in [1.807, 2.05) is 0 Å². The lowest BCUT2D eigenvalue weighted by Gasteiger charge is -2.35. The van der Waals surface area contributed by atoms with Crippen LogP contribution in [0.5, 0.6) is 0 Å². The number of benzene rings is 1. The number of rotatable bonds is 3. The first-order chi connectivity index (χ1) is 9.47. The SMILES string of the molecule is CC(C)CN1CCN(C(=O)c2cc(N)ccc2F)CC1. The maximum absolute atomic E-state index is 13.7. The second kappa shape index (κ2) is 6.22. The number of halogens is 1. The molecule has 1 fully saturated rings. The van der Waals surface area contributed by atoms with Crippen LogP contribution in [0.15, 0.2) is 18.2 Å². The molecule has 0 saturated carbocycles. The van der Waals surface area contributed by atoms with E-state index in [1.165, 1.54) is 18.2 Å². The first-order valence-electron chi connectivity index (χ1n) is 7.04. The molecule has 1 heterocycles. The summed E-state index contributed by atoms with van der Waals surface area (Å²) < 4.78 is 13.7. The standard InChI is InChI=1S/C15H22FN3O/c1-11(2)10-18-5-7-19(8-6-18)15(20)13-9-12(17)3-4-14(13)16/h3-4,9,11H,5-8,10,17H2,1-2H3. The first-order valence-corrected chi connectivity index (χ1v) is 7.04. The van der Waals surface area contributed by atoms with Crippen molar-refractivity contribution in [2.75, 3.05) is 38.5 Å². The van der Waals surface area contributed by atoms with Gasteiger partial charge >= 0.3 is 0 Å². The first kappa shape index (κ1) is 14.8. The number of hydrogen-bond acceptors (Lipinski definition) is 3. The topological polar surface area (TPSA) is 49.6 Å². The number of hydrogen-bond donors (Lipinski definition) is 1. The highest BCUT2D eigenvalue weighted by Gasteiger charge is 2.24. The highest BCUT2D eigenvalue weighted by Crippen LogP contribution is 2.16. The van der Waals surface area contributed by atoms with Gasteiger partial charge in [0, 0.05) is 38.4 Å². The van der Waals surface area contributed by atoms with Gasteiger partial charge in [0.1, 0.15) is 5.82 Å². The maximum atomic E-state index is 13.7. The number of piperazine rings is 1. The zero-order valence-electron chi connectivity index (χ0n) is 12.1. The molecule has 2 N–H and O–H groups in total. The van der Waals surface area contributed by atoms with Gasteiger partial charge in [0.2, 0.25) is 0 Å². The molecule has 1 saturated heterocycles. The Hall–Kier alpha value is -1.62. The van der Waals surface area contributed by atoms with E-state index >= 15 is 0 Å². The van der Waals surface area contributed by atoms with Crippen molar-refractivity contribution >= 4 is 11.6 Å². The van der Waals surface area contributed by atoms with Crippen molar-refractivity contribution in [1.29, 1.82) is 0 Å². The minimum Gasteiger partial charge on any atom is -0.399 e. The van der Waals surface area contributed by atoms with Gasteiger partial charge in [0.05, 0.1) is 5.56 Å². The molecule has 1 amide bonds. The highest BCUT2D eigenvalue weighted by atomic mass is 19.1. The van der Waals surface area contributed by atoms with Gasteiger partial charge in [-0.1, -0.05) is 13.8 Å². The summed E-state index contributed by atoms with van der Waals surface area (Å²) in [6.45, 7) is 8.36. The fraction of sp³-hybridized carbons (Fsp3) is 0.533. The molecule has 1 aliphatic heterocycles. The van der Waals surface area contributed by atoms with Crippen LogP contribution in [-0.4, -0.2) is 48.4 Å². The van der Waals surface area contributed by atoms with Crippen LogP contribution in [-0.2, 0) is 0 Å². The van der Waals surface area contributed by atoms with Crippen LogP contribution in [0.1, 0.15) is 24.2 Å². The van der Waals surface area contributed by atoms with Gasteiger partial charge in [0.15, 0.2) is 0 Å². The monoisotopic (exact) mass is 279 g/mol. The smallest absolute Gasteiger partial charge is 0.256 e. The third-order valence-electron chi connectivity index (χ3n) is 3.50. The van der Waals surface area contributed by atoms with Crippen LogP contribution in [0.4, 0.5) is 10.1 Å². The molecule has 0 bridgehead atoms. The molecule has 110 valence electrons. The quantitative estimate of drug-likeness (QED) is 0.859. The van der Waals surface area contributed by atoms with Crippen molar-refractivity contribution in [1.82, 2.24) is 9.80 Å². The van der Waals surface area contributed by atoms with Crippen LogP contribution in [0.3, 0.4) is 0 Å². The largest absolute Gasteiger partial charge is 0.399 e. The molecule has 0 spiro atoms. The summed E-state index contributed by atoms with van der Waals surface area (Å²) in [5, 5.41) is 0. The number of carbonyl (C=O) groups is 1. The number of nitrogens with two attached hydrogens (primary N) is 1. The van der Waals surface area contributed by atoms with E-state index in [2.05, 4.69) is 18.7 Å². The van der Waals surface area contributed by atoms with Crippen LogP contribution in [0.25, 0.3) is 0 Å². The van der Waals surface area contributed by atoms with Crippen molar-refractivity contribution in [3.63, 3.8) is 0 Å². The van der Waals surface area contributed by atoms with Crippen molar-refractivity contribution in [2.45, 2.75) is 13.8 Å². The Bertz CT molecular complexity index is 482. The number of amides is 1. The summed E-state index contributed by atoms with van der Waals surface area (Å²) >= 11 is 0. The molecule has 0 aromatic heterocycles. The fourth-order valence-corrected chi connectivity index (χ4v) is 2.53. The van der Waals surface area contributed by atoms with Gasteiger partial charge in [-0.2, -0.15) is 0 Å². The molecule has 20 heavy (non-hydrogen) atoms. The van der Waals surface area contributed by atoms with Crippen LogP contribution in [0.2, 0.25) is 0 Å². The summed E-state index contributed by atoms with van der Waals surface area (Å²) in [5.41, 5.74) is 6.11. The maximum Gasteiger partial charge on any atom is 0.256 e. The third-order valence-corrected chi connectivity index (χ3v) is 3.50. The lowest BCUT2D eigenvalue weighted by Crippen LogP contribution is -2.49. The minimum absolute atomic E-state index is 0.0716. The zero-order chi connectivity index (χ0) is 14.7. The summed E-state index contributed by atoms with van der Waals surface area (Å²) in [5.74, 6) is -0.156. The molecule has 1 aromatic carbocycles. The molecule has 1 aliphatic rings. The van der Waals surface area contributed by atoms with E-state index in [1.54, 1.807) is 4.90 Å². The Morgan fingerprint density at radius 2 is 1.95 bits per heavy atom. The molecule has 0 aliphatic carbocycles. The fourth-order valence-electron chi connectivity index (χ4n) is 2.53. The number of nitrogens with zero attached hydrogens (tertiary/aromatic N) is 2. The lowest BCUT2D eigenvalue weighted by atomic mass is 10.1. The van der Waals surface area contributed by atoms with Crippen LogP contribution in [0, 0.1) is 11.7 Å². The Balaban J connectivity index is 2.00. The predicted molar refractivity (Wildman–Crippen MR) is 78.0 cm³/mol. The van der Waals surface area contributed by atoms with E-state index < -0.39 is 5.82 Å². The molecule has 1 aromatic rings. The molecular formula is C15H22FN3O. The highest BCUT2D eigenvalue weighted by molar-refractivity contribution is 5.95. The predicted octanol–water partition coefficient (Wildman–Crippen LogP) is 1.82. The van der Waals surface area contributed by atoms with Gasteiger partial charge in [-0.25, -0.2) is 4.39 Å². The van der Waals surface area contributed by atoms with E-state index in [0.717, 1.165) is 19.6 Å². The van der Waals surface area contributed by atoms with Crippen molar-refractivity contribution in [3.05, 3.63) is 29.6 Å². The number of nitrogen functional groups attached to an aromatic ring is 1. The van der Waals surface area contributed by atoms with E-state index in [9.17, 15) is 9.18 Å². The van der Waals surface area contributed by atoms with E-state index in [-0.39, 0.29) is 11.5 Å². The van der Waals surface area contributed by atoms with Gasteiger partial charge in [-0.3, -0.25) is 9.69 Å². The molecular weight excluding hydrogens is 257 g/mol. The van der Waals surface area contributed by atoms with Gasteiger partial charge in [-0.15, -0.1) is 0 Å². The summed E-state index contributed by atoms with van der Waals surface area (Å²) in [7, 11) is 0. The van der Waals surface area contributed by atoms with Crippen LogP contribution >= 0.6 is 0 Å². The molecule has 4 nitrogen and oxygen atoms in total.